The highest BCUT2D eigenvalue weighted by Gasteiger charge is 2.40. The Balaban J connectivity index is 1.50. The number of carbonyl (C=O) groups is 2. The van der Waals surface area contributed by atoms with Crippen LogP contribution in [0.3, 0.4) is 0 Å². The van der Waals surface area contributed by atoms with E-state index in [2.05, 4.69) is 20.9 Å². The summed E-state index contributed by atoms with van der Waals surface area (Å²) in [5.41, 5.74) is 5.50. The first-order valence-corrected chi connectivity index (χ1v) is 9.90. The highest BCUT2D eigenvalue weighted by Crippen LogP contribution is 2.29. The van der Waals surface area contributed by atoms with Gasteiger partial charge < -0.3 is 5.32 Å². The van der Waals surface area contributed by atoms with Gasteiger partial charge in [-0.05, 0) is 24.6 Å². The van der Waals surface area contributed by atoms with Crippen molar-refractivity contribution in [1.82, 2.24) is 20.5 Å². The third kappa shape index (κ3) is 3.84. The van der Waals surface area contributed by atoms with Crippen LogP contribution in [0.25, 0.3) is 5.69 Å². The lowest BCUT2D eigenvalue weighted by molar-refractivity contribution is -0.133. The second-order valence-corrected chi connectivity index (χ2v) is 7.37. The zero-order valence-electron chi connectivity index (χ0n) is 16.2. The van der Waals surface area contributed by atoms with Gasteiger partial charge in [-0.3, -0.25) is 9.59 Å². The molecule has 1 aromatic heterocycles. The molecule has 0 unspecified atom stereocenters. The second kappa shape index (κ2) is 8.51. The molecule has 0 bridgehead atoms. The molecule has 152 valence electrons. The molecule has 2 aromatic carbocycles. The molecule has 0 saturated carbocycles. The van der Waals surface area contributed by atoms with Crippen molar-refractivity contribution < 1.29 is 9.59 Å². The summed E-state index contributed by atoms with van der Waals surface area (Å²) in [6, 6.07) is 19.0. The predicted molar refractivity (Wildman–Crippen MR) is 115 cm³/mol. The number of hydrogen-bond acceptors (Lipinski definition) is 4. The summed E-state index contributed by atoms with van der Waals surface area (Å²) in [7, 11) is 0. The third-order valence-electron chi connectivity index (χ3n) is 5.11. The molecule has 2 heterocycles. The van der Waals surface area contributed by atoms with Gasteiger partial charge in [0.15, 0.2) is 0 Å². The average Bonchev–Trinajstić information content (AvgIpc) is 3.29. The average molecular weight is 422 g/mol. The summed E-state index contributed by atoms with van der Waals surface area (Å²) in [4.78, 5) is 24.9. The molecule has 2 amide bonds. The molecule has 0 radical (unpaired) electrons. The van der Waals surface area contributed by atoms with E-state index in [1.54, 1.807) is 4.68 Å². The van der Waals surface area contributed by atoms with Crippen LogP contribution < -0.4 is 10.7 Å². The lowest BCUT2D eigenvalue weighted by Gasteiger charge is -2.15. The van der Waals surface area contributed by atoms with Gasteiger partial charge in [0.2, 0.25) is 5.91 Å². The zero-order chi connectivity index (χ0) is 21.1. The van der Waals surface area contributed by atoms with Crippen molar-refractivity contribution in [3.8, 4) is 5.69 Å². The molecule has 1 fully saturated rings. The van der Waals surface area contributed by atoms with Gasteiger partial charge in [-0.15, -0.1) is 0 Å². The van der Waals surface area contributed by atoms with Gasteiger partial charge in [0.05, 0.1) is 23.2 Å². The summed E-state index contributed by atoms with van der Waals surface area (Å²) in [5, 5.41) is 11.6. The van der Waals surface area contributed by atoms with Crippen molar-refractivity contribution in [3.63, 3.8) is 0 Å². The number of hydrazone groups is 1. The Morgan fingerprint density at radius 2 is 1.87 bits per heavy atom. The van der Waals surface area contributed by atoms with E-state index in [1.165, 1.54) is 6.21 Å². The maximum atomic E-state index is 12.7. The van der Waals surface area contributed by atoms with Crippen LogP contribution in [-0.4, -0.2) is 34.4 Å². The minimum absolute atomic E-state index is 0.236. The Hall–Kier alpha value is -3.45. The first-order valence-electron chi connectivity index (χ1n) is 9.52. The third-order valence-corrected chi connectivity index (χ3v) is 5.47. The maximum Gasteiger partial charge on any atom is 0.253 e. The van der Waals surface area contributed by atoms with Gasteiger partial charge in [-0.25, -0.2) is 10.1 Å². The number of para-hydroxylation sites is 1. The molecule has 2 N–H and O–H groups in total. The number of aryl methyl sites for hydroxylation is 1. The molecule has 8 heteroatoms. The van der Waals surface area contributed by atoms with E-state index in [1.807, 2.05) is 67.6 Å². The standard InChI is InChI=1S/C22H20ClN5O2/c1-14-17(20(23)28(27-14)16-10-6-3-7-11-16)13-25-26-22(30)19-18(12-24-21(19)29)15-8-4-2-5-9-15/h2-11,13,18-19H,12H2,1H3,(H,24,29)(H,26,30)/b25-13-/t18-,19+/m0/s1. The Morgan fingerprint density at radius 1 is 1.20 bits per heavy atom. The fourth-order valence-corrected chi connectivity index (χ4v) is 3.88. The number of hydrogen-bond donors (Lipinski definition) is 2. The summed E-state index contributed by atoms with van der Waals surface area (Å²) >= 11 is 6.47. The summed E-state index contributed by atoms with van der Waals surface area (Å²) in [5.74, 6) is -1.84. The largest absolute Gasteiger partial charge is 0.355 e. The van der Waals surface area contributed by atoms with Crippen LogP contribution in [0.4, 0.5) is 0 Å². The smallest absolute Gasteiger partial charge is 0.253 e. The molecule has 2 atom stereocenters. The molecule has 1 aliphatic heterocycles. The number of amides is 2. The van der Waals surface area contributed by atoms with Gasteiger partial charge in [-0.1, -0.05) is 60.1 Å². The first kappa shape index (κ1) is 19.8. The lowest BCUT2D eigenvalue weighted by atomic mass is 9.88. The Morgan fingerprint density at radius 3 is 2.57 bits per heavy atom. The Bertz CT molecular complexity index is 1100. The van der Waals surface area contributed by atoms with Gasteiger partial charge in [0.25, 0.3) is 5.91 Å². The van der Waals surface area contributed by atoms with Crippen molar-refractivity contribution in [2.24, 2.45) is 11.0 Å². The van der Waals surface area contributed by atoms with Crippen LogP contribution in [0.15, 0.2) is 65.8 Å². The fourth-order valence-electron chi connectivity index (χ4n) is 3.56. The van der Waals surface area contributed by atoms with Crippen molar-refractivity contribution in [3.05, 3.63) is 82.6 Å². The molecular weight excluding hydrogens is 402 g/mol. The van der Waals surface area contributed by atoms with Crippen LogP contribution >= 0.6 is 11.6 Å². The Labute approximate surface area is 178 Å². The van der Waals surface area contributed by atoms with Crippen LogP contribution in [0.5, 0.6) is 0 Å². The molecule has 3 aromatic rings. The highest BCUT2D eigenvalue weighted by atomic mass is 35.5. The molecular formula is C22H20ClN5O2. The van der Waals surface area contributed by atoms with Crippen LogP contribution in [0.2, 0.25) is 5.15 Å². The lowest BCUT2D eigenvalue weighted by Crippen LogP contribution is -2.34. The van der Waals surface area contributed by atoms with E-state index in [0.29, 0.717) is 23.0 Å². The molecule has 7 nitrogen and oxygen atoms in total. The first-order chi connectivity index (χ1) is 14.6. The number of nitrogens with one attached hydrogen (secondary N) is 2. The zero-order valence-corrected chi connectivity index (χ0v) is 17.0. The molecule has 0 spiro atoms. The summed E-state index contributed by atoms with van der Waals surface area (Å²) in [6.45, 7) is 2.23. The van der Waals surface area contributed by atoms with Crippen LogP contribution in [0, 0.1) is 12.8 Å². The van der Waals surface area contributed by atoms with E-state index in [9.17, 15) is 9.59 Å². The van der Waals surface area contributed by atoms with E-state index in [4.69, 9.17) is 11.6 Å². The number of rotatable bonds is 5. The van der Waals surface area contributed by atoms with Gasteiger partial charge >= 0.3 is 0 Å². The summed E-state index contributed by atoms with van der Waals surface area (Å²) < 4.78 is 1.61. The number of halogens is 1. The van der Waals surface area contributed by atoms with Gasteiger partial charge in [0, 0.05) is 12.5 Å². The van der Waals surface area contributed by atoms with Crippen molar-refractivity contribution in [2.75, 3.05) is 6.54 Å². The summed E-state index contributed by atoms with van der Waals surface area (Å²) in [6.07, 6.45) is 1.45. The quantitative estimate of drug-likeness (QED) is 0.377. The number of aromatic nitrogens is 2. The van der Waals surface area contributed by atoms with E-state index in [-0.39, 0.29) is 11.8 Å². The number of nitrogens with zero attached hydrogens (tertiary/aromatic N) is 3. The van der Waals surface area contributed by atoms with Crippen LogP contribution in [-0.2, 0) is 9.59 Å². The predicted octanol–water partition coefficient (Wildman–Crippen LogP) is 2.81. The molecule has 1 aliphatic rings. The monoisotopic (exact) mass is 421 g/mol. The fraction of sp³-hybridized carbons (Fsp3) is 0.182. The van der Waals surface area contributed by atoms with Gasteiger partial charge in [-0.2, -0.15) is 10.2 Å². The van der Waals surface area contributed by atoms with E-state index < -0.39 is 11.8 Å². The normalized spacial score (nSPS) is 18.5. The van der Waals surface area contributed by atoms with Gasteiger partial charge in [0.1, 0.15) is 11.1 Å². The minimum atomic E-state index is -0.840. The van der Waals surface area contributed by atoms with Crippen molar-refractivity contribution in [2.45, 2.75) is 12.8 Å². The number of benzene rings is 2. The SMILES string of the molecule is Cc1nn(-c2ccccc2)c(Cl)c1/C=N\NC(=O)[C@H]1C(=O)NC[C@H]1c1ccccc1. The molecule has 30 heavy (non-hydrogen) atoms. The highest BCUT2D eigenvalue weighted by molar-refractivity contribution is 6.32. The molecule has 1 saturated heterocycles. The number of carbonyl (C=O) groups excluding carboxylic acids is 2. The van der Waals surface area contributed by atoms with Crippen molar-refractivity contribution >= 4 is 29.6 Å². The Kier molecular flexibility index (Phi) is 5.63. The topological polar surface area (TPSA) is 88.4 Å². The van der Waals surface area contributed by atoms with E-state index in [0.717, 1.165) is 11.3 Å². The second-order valence-electron chi connectivity index (χ2n) is 7.01. The molecule has 4 rings (SSSR count). The van der Waals surface area contributed by atoms with E-state index >= 15 is 0 Å². The minimum Gasteiger partial charge on any atom is -0.355 e. The van der Waals surface area contributed by atoms with Crippen LogP contribution in [0.1, 0.15) is 22.7 Å². The van der Waals surface area contributed by atoms with Crippen molar-refractivity contribution in [1.29, 1.82) is 0 Å². The maximum absolute atomic E-state index is 12.7. The molecule has 0 aliphatic carbocycles.